The fourth-order valence-electron chi connectivity index (χ4n) is 3.18. The number of carbonyl (C=O) groups excluding carboxylic acids is 1. The van der Waals surface area contributed by atoms with E-state index >= 15 is 0 Å². The predicted octanol–water partition coefficient (Wildman–Crippen LogP) is 5.59. The van der Waals surface area contributed by atoms with Crippen LogP contribution in [0.4, 0.5) is 11.5 Å². The van der Waals surface area contributed by atoms with Crippen LogP contribution in [-0.4, -0.2) is 18.0 Å². The van der Waals surface area contributed by atoms with Crippen molar-refractivity contribution >= 4 is 40.0 Å². The molecule has 156 valence electrons. The minimum Gasteiger partial charge on any atom is -0.493 e. The molecule has 0 saturated heterocycles. The van der Waals surface area contributed by atoms with Crippen molar-refractivity contribution in [2.24, 2.45) is 4.99 Å². The third kappa shape index (κ3) is 4.44. The Labute approximate surface area is 184 Å². The van der Waals surface area contributed by atoms with Crippen molar-refractivity contribution in [1.29, 1.82) is 0 Å². The molecule has 7 heteroatoms. The average Bonchev–Trinajstić information content (AvgIpc) is 2.74. The SMILES string of the molecule is COc1cccc2cc(C(=O)Nc3cccc(C)n3)c(=Nc3ccc(Cl)cc3C)oc12. The number of hydrogen-bond acceptors (Lipinski definition) is 5. The predicted molar refractivity (Wildman–Crippen MR) is 121 cm³/mol. The minimum absolute atomic E-state index is 0.160. The molecular weight excluding hydrogens is 414 g/mol. The van der Waals surface area contributed by atoms with E-state index in [4.69, 9.17) is 20.8 Å². The molecule has 1 amide bonds. The van der Waals surface area contributed by atoms with Crippen LogP contribution in [0.3, 0.4) is 0 Å². The summed E-state index contributed by atoms with van der Waals surface area (Å²) in [7, 11) is 1.56. The molecule has 2 aromatic heterocycles. The van der Waals surface area contributed by atoms with Gasteiger partial charge in [-0.3, -0.25) is 4.79 Å². The number of amides is 1. The van der Waals surface area contributed by atoms with Crippen molar-refractivity contribution in [2.75, 3.05) is 12.4 Å². The number of halogens is 1. The summed E-state index contributed by atoms with van der Waals surface area (Å²) >= 11 is 6.07. The number of nitrogens with zero attached hydrogens (tertiary/aromatic N) is 2. The van der Waals surface area contributed by atoms with Gasteiger partial charge in [-0.2, -0.15) is 0 Å². The molecule has 31 heavy (non-hydrogen) atoms. The molecule has 0 spiro atoms. The highest BCUT2D eigenvalue weighted by Gasteiger charge is 2.16. The number of aromatic nitrogens is 1. The monoisotopic (exact) mass is 433 g/mol. The van der Waals surface area contributed by atoms with Crippen LogP contribution in [0.25, 0.3) is 11.0 Å². The van der Waals surface area contributed by atoms with Crippen molar-refractivity contribution in [3.63, 3.8) is 0 Å². The molecule has 0 atom stereocenters. The third-order valence-electron chi connectivity index (χ3n) is 4.71. The van der Waals surface area contributed by atoms with Crippen molar-refractivity contribution in [1.82, 2.24) is 4.98 Å². The Morgan fingerprint density at radius 1 is 1.10 bits per heavy atom. The van der Waals surface area contributed by atoms with Crippen LogP contribution in [0.1, 0.15) is 21.6 Å². The Morgan fingerprint density at radius 2 is 1.90 bits per heavy atom. The molecule has 0 unspecified atom stereocenters. The highest BCUT2D eigenvalue weighted by atomic mass is 35.5. The lowest BCUT2D eigenvalue weighted by Crippen LogP contribution is -2.22. The highest BCUT2D eigenvalue weighted by molar-refractivity contribution is 6.30. The van der Waals surface area contributed by atoms with Gasteiger partial charge in [0.2, 0.25) is 5.55 Å². The molecule has 6 nitrogen and oxygen atoms in total. The molecule has 0 saturated carbocycles. The second kappa shape index (κ2) is 8.62. The fraction of sp³-hybridized carbons (Fsp3) is 0.125. The summed E-state index contributed by atoms with van der Waals surface area (Å²) in [6.45, 7) is 3.75. The number of anilines is 1. The molecule has 0 bridgehead atoms. The maximum Gasteiger partial charge on any atom is 0.262 e. The largest absolute Gasteiger partial charge is 0.493 e. The van der Waals surface area contributed by atoms with Gasteiger partial charge in [-0.05, 0) is 61.9 Å². The molecule has 0 fully saturated rings. The van der Waals surface area contributed by atoms with Gasteiger partial charge >= 0.3 is 0 Å². The van der Waals surface area contributed by atoms with Crippen molar-refractivity contribution in [3.8, 4) is 5.75 Å². The van der Waals surface area contributed by atoms with Crippen LogP contribution in [0.5, 0.6) is 5.75 Å². The number of hydrogen-bond donors (Lipinski definition) is 1. The van der Waals surface area contributed by atoms with Crippen LogP contribution in [0.2, 0.25) is 5.02 Å². The zero-order valence-corrected chi connectivity index (χ0v) is 18.0. The van der Waals surface area contributed by atoms with Crippen molar-refractivity contribution in [2.45, 2.75) is 13.8 Å². The number of rotatable bonds is 4. The fourth-order valence-corrected chi connectivity index (χ4v) is 3.41. The lowest BCUT2D eigenvalue weighted by atomic mass is 10.1. The second-order valence-corrected chi connectivity index (χ2v) is 7.44. The quantitative estimate of drug-likeness (QED) is 0.455. The third-order valence-corrected chi connectivity index (χ3v) is 4.95. The van der Waals surface area contributed by atoms with Crippen LogP contribution < -0.4 is 15.6 Å². The summed E-state index contributed by atoms with van der Waals surface area (Å²) in [5.74, 6) is 0.621. The van der Waals surface area contributed by atoms with E-state index in [-0.39, 0.29) is 17.0 Å². The Morgan fingerprint density at radius 3 is 2.65 bits per heavy atom. The summed E-state index contributed by atoms with van der Waals surface area (Å²) in [5, 5.41) is 4.14. The zero-order valence-electron chi connectivity index (χ0n) is 17.3. The Balaban J connectivity index is 1.91. The standard InChI is InChI=1S/C24H20ClN3O3/c1-14-12-17(25)10-11-19(14)27-24-18(23(29)28-21-9-4-6-15(2)26-21)13-16-7-5-8-20(30-3)22(16)31-24/h4-13H,1-3H3,(H,26,28,29). The summed E-state index contributed by atoms with van der Waals surface area (Å²) in [6, 6.07) is 17.9. The molecule has 4 aromatic rings. The first-order valence-corrected chi connectivity index (χ1v) is 9.99. The summed E-state index contributed by atoms with van der Waals surface area (Å²) in [6.07, 6.45) is 0. The molecule has 0 aliphatic carbocycles. The minimum atomic E-state index is -0.378. The number of fused-ring (bicyclic) bond motifs is 1. The molecule has 2 aromatic carbocycles. The molecule has 0 aliphatic rings. The molecule has 2 heterocycles. The van der Waals surface area contributed by atoms with E-state index in [0.717, 1.165) is 11.3 Å². The first kappa shape index (κ1) is 20.6. The molecule has 1 N–H and O–H groups in total. The zero-order chi connectivity index (χ0) is 22.0. The van der Waals surface area contributed by atoms with E-state index in [9.17, 15) is 4.79 Å². The number of pyridine rings is 1. The van der Waals surface area contributed by atoms with E-state index in [1.54, 1.807) is 43.5 Å². The first-order valence-electron chi connectivity index (χ1n) is 9.61. The second-order valence-electron chi connectivity index (χ2n) is 7.00. The topological polar surface area (TPSA) is 76.7 Å². The van der Waals surface area contributed by atoms with Gasteiger partial charge in [-0.25, -0.2) is 9.98 Å². The van der Waals surface area contributed by atoms with Gasteiger partial charge in [-0.15, -0.1) is 0 Å². The lowest BCUT2D eigenvalue weighted by molar-refractivity contribution is 0.102. The van der Waals surface area contributed by atoms with Gasteiger partial charge in [0.05, 0.1) is 12.8 Å². The van der Waals surface area contributed by atoms with Crippen molar-refractivity contribution in [3.05, 3.63) is 88.1 Å². The van der Waals surface area contributed by atoms with Gasteiger partial charge in [0.25, 0.3) is 5.91 Å². The maximum atomic E-state index is 13.2. The average molecular weight is 434 g/mol. The molecule has 0 aliphatic heterocycles. The number of ether oxygens (including phenoxy) is 1. The normalized spacial score (nSPS) is 11.5. The van der Waals surface area contributed by atoms with Crippen LogP contribution in [0, 0.1) is 13.8 Å². The first-order chi connectivity index (χ1) is 14.9. The lowest BCUT2D eigenvalue weighted by Gasteiger charge is -2.09. The number of methoxy groups -OCH3 is 1. The maximum absolute atomic E-state index is 13.2. The van der Waals surface area contributed by atoms with Gasteiger partial charge in [0.1, 0.15) is 11.4 Å². The number of benzene rings is 2. The number of nitrogens with one attached hydrogen (secondary N) is 1. The highest BCUT2D eigenvalue weighted by Crippen LogP contribution is 2.26. The summed E-state index contributed by atoms with van der Waals surface area (Å²) in [5.41, 5.74) is 3.23. The van der Waals surface area contributed by atoms with Gasteiger partial charge in [-0.1, -0.05) is 29.8 Å². The van der Waals surface area contributed by atoms with E-state index in [1.165, 1.54) is 0 Å². The molecular formula is C24H20ClN3O3. The Kier molecular flexibility index (Phi) is 5.73. The van der Waals surface area contributed by atoms with Gasteiger partial charge in [0.15, 0.2) is 11.3 Å². The molecule has 0 radical (unpaired) electrons. The number of aryl methyl sites for hydroxylation is 2. The summed E-state index contributed by atoms with van der Waals surface area (Å²) < 4.78 is 11.5. The Bertz CT molecular complexity index is 1360. The van der Waals surface area contributed by atoms with Crippen molar-refractivity contribution < 1.29 is 13.9 Å². The summed E-state index contributed by atoms with van der Waals surface area (Å²) in [4.78, 5) is 22.1. The molecule has 4 rings (SSSR count). The van der Waals surface area contributed by atoms with Crippen LogP contribution in [0.15, 0.2) is 70.1 Å². The van der Waals surface area contributed by atoms with Crippen LogP contribution in [-0.2, 0) is 0 Å². The van der Waals surface area contributed by atoms with E-state index in [1.807, 2.05) is 38.1 Å². The Hall–Kier alpha value is -3.64. The van der Waals surface area contributed by atoms with Gasteiger partial charge < -0.3 is 14.5 Å². The van der Waals surface area contributed by atoms with E-state index < -0.39 is 0 Å². The van der Waals surface area contributed by atoms with Gasteiger partial charge in [0, 0.05) is 16.1 Å². The smallest absolute Gasteiger partial charge is 0.262 e. The van der Waals surface area contributed by atoms with E-state index in [0.29, 0.717) is 33.2 Å². The van der Waals surface area contributed by atoms with Crippen LogP contribution >= 0.6 is 11.6 Å². The number of carbonyl (C=O) groups is 1. The van der Waals surface area contributed by atoms with E-state index in [2.05, 4.69) is 15.3 Å². The number of para-hydroxylation sites is 1.